The van der Waals surface area contributed by atoms with Gasteiger partial charge in [0.1, 0.15) is 17.6 Å². The molecule has 1 aromatic heterocycles. The van der Waals surface area contributed by atoms with E-state index in [-0.39, 0.29) is 59.6 Å². The van der Waals surface area contributed by atoms with Crippen LogP contribution < -0.4 is 35.1 Å². The van der Waals surface area contributed by atoms with Gasteiger partial charge in [-0.15, -0.1) is 0 Å². The predicted molar refractivity (Wildman–Crippen MR) is 138 cm³/mol. The molecular weight excluding hydrogens is 563 g/mol. The Hall–Kier alpha value is -1.47. The number of halogens is 5. The molecular formula is C30H38Cl3F2N3O. The van der Waals surface area contributed by atoms with Crippen LogP contribution in [-0.2, 0) is 16.6 Å². The number of likely N-dealkylation sites (tertiary alicyclic amines) is 1. The van der Waals surface area contributed by atoms with E-state index in [0.29, 0.717) is 30.5 Å². The van der Waals surface area contributed by atoms with Crippen LogP contribution in [0.15, 0.2) is 30.3 Å². The SMILES string of the molecule is O=C([C@@H]1C[NH2+]C[C@]12CCCc1[nH+]c(Cl)ccc12)N1CC[C@@H](c2c(F)cccc2F)CC1C1CCCCC1.[Cl-].[Cl-]. The van der Waals surface area contributed by atoms with Gasteiger partial charge in [-0.25, -0.2) is 8.78 Å². The van der Waals surface area contributed by atoms with Gasteiger partial charge in [0.15, 0.2) is 5.69 Å². The van der Waals surface area contributed by atoms with Crippen LogP contribution >= 0.6 is 11.6 Å². The van der Waals surface area contributed by atoms with Gasteiger partial charge in [0, 0.05) is 36.2 Å². The maximum absolute atomic E-state index is 14.8. The first-order chi connectivity index (χ1) is 18.0. The summed E-state index contributed by atoms with van der Waals surface area (Å²) in [6.45, 7) is 2.28. The van der Waals surface area contributed by atoms with E-state index >= 15 is 0 Å². The summed E-state index contributed by atoms with van der Waals surface area (Å²) in [5.74, 6) is -0.528. The van der Waals surface area contributed by atoms with Gasteiger partial charge < -0.3 is 35.0 Å². The van der Waals surface area contributed by atoms with E-state index < -0.39 is 11.6 Å². The highest BCUT2D eigenvalue weighted by Crippen LogP contribution is 2.46. The molecule has 1 aromatic carbocycles. The van der Waals surface area contributed by atoms with Gasteiger partial charge in [-0.1, -0.05) is 25.3 Å². The number of amides is 1. The van der Waals surface area contributed by atoms with Crippen LogP contribution in [-0.4, -0.2) is 36.5 Å². The van der Waals surface area contributed by atoms with Crippen molar-refractivity contribution in [3.63, 3.8) is 0 Å². The first-order valence-corrected chi connectivity index (χ1v) is 14.6. The third-order valence-electron chi connectivity index (χ3n) is 9.98. The number of pyridine rings is 1. The van der Waals surface area contributed by atoms with Crippen LogP contribution in [0.4, 0.5) is 8.78 Å². The zero-order valence-electron chi connectivity index (χ0n) is 22.2. The number of aromatic amines is 1. The second-order valence-electron chi connectivity index (χ2n) is 11.8. The molecule has 4 atom stereocenters. The Morgan fingerprint density at radius 3 is 2.51 bits per heavy atom. The second-order valence-corrected chi connectivity index (χ2v) is 12.3. The number of hydrogen-bond acceptors (Lipinski definition) is 1. The number of carbonyl (C=O) groups is 1. The first kappa shape index (κ1) is 30.5. The Balaban J connectivity index is 0.00000176. The molecule has 3 N–H and O–H groups in total. The number of nitrogens with two attached hydrogens (primary N) is 1. The molecule has 2 aromatic rings. The number of carbonyl (C=O) groups excluding carboxylic acids is 1. The third kappa shape index (κ3) is 5.56. The second kappa shape index (κ2) is 12.6. The molecule has 1 unspecified atom stereocenters. The van der Waals surface area contributed by atoms with Crippen molar-refractivity contribution in [2.24, 2.45) is 11.8 Å². The summed E-state index contributed by atoms with van der Waals surface area (Å²) in [4.78, 5) is 20.0. The number of quaternary nitrogens is 1. The molecule has 2 saturated heterocycles. The minimum Gasteiger partial charge on any atom is -1.00 e. The molecule has 0 bridgehead atoms. The summed E-state index contributed by atoms with van der Waals surface area (Å²) in [6.07, 6.45) is 10.0. The van der Waals surface area contributed by atoms with Gasteiger partial charge in [-0.2, -0.15) is 4.98 Å². The Morgan fingerprint density at radius 2 is 1.77 bits per heavy atom. The molecule has 2 aliphatic heterocycles. The largest absolute Gasteiger partial charge is 1.00 e. The molecule has 9 heteroatoms. The molecule has 214 valence electrons. The molecule has 4 nitrogen and oxygen atoms in total. The standard InChI is InChI=1S/C30H36ClF2N3O.2ClH/c31-27-12-11-21-25(35-27)10-5-14-30(21)18-34-17-22(30)29(37)36-15-13-20(28-23(32)8-4-9-24(28)33)16-26(36)19-6-2-1-3-7-19;;/h4,8-9,11-12,19-20,22,26,34H,1-3,5-7,10,13-18H2;2*1H/t20-,22+,26?,30+;;/m1../s1. The van der Waals surface area contributed by atoms with Crippen LogP contribution in [0.25, 0.3) is 0 Å². The summed E-state index contributed by atoms with van der Waals surface area (Å²) in [7, 11) is 0. The molecule has 4 aliphatic rings. The highest BCUT2D eigenvalue weighted by Gasteiger charge is 2.56. The van der Waals surface area contributed by atoms with Crippen LogP contribution in [0.1, 0.15) is 80.5 Å². The highest BCUT2D eigenvalue weighted by molar-refractivity contribution is 6.28. The van der Waals surface area contributed by atoms with Gasteiger partial charge >= 0.3 is 0 Å². The fourth-order valence-electron chi connectivity index (χ4n) is 8.28. The average molecular weight is 601 g/mol. The van der Waals surface area contributed by atoms with Crippen molar-refractivity contribution in [1.29, 1.82) is 0 Å². The number of aryl methyl sites for hydroxylation is 1. The van der Waals surface area contributed by atoms with Crippen LogP contribution in [0.3, 0.4) is 0 Å². The minimum absolute atomic E-state index is 0. The fraction of sp³-hybridized carbons (Fsp3) is 0.600. The zero-order chi connectivity index (χ0) is 25.6. The lowest BCUT2D eigenvalue weighted by atomic mass is 9.64. The third-order valence-corrected chi connectivity index (χ3v) is 10.2. The number of hydrogen-bond donors (Lipinski definition) is 1. The topological polar surface area (TPSA) is 51.1 Å². The molecule has 2 aliphatic carbocycles. The van der Waals surface area contributed by atoms with Gasteiger partial charge in [-0.05, 0) is 80.2 Å². The lowest BCUT2D eigenvalue weighted by Crippen LogP contribution is -3.00. The number of rotatable bonds is 3. The van der Waals surface area contributed by atoms with E-state index in [9.17, 15) is 13.6 Å². The molecule has 39 heavy (non-hydrogen) atoms. The van der Waals surface area contributed by atoms with Crippen molar-refractivity contribution in [2.75, 3.05) is 19.6 Å². The van der Waals surface area contributed by atoms with Gasteiger partial charge in [0.25, 0.3) is 5.15 Å². The van der Waals surface area contributed by atoms with Crippen molar-refractivity contribution in [1.82, 2.24) is 4.90 Å². The molecule has 1 saturated carbocycles. The lowest BCUT2D eigenvalue weighted by molar-refractivity contribution is -0.640. The summed E-state index contributed by atoms with van der Waals surface area (Å²) in [5, 5.41) is 2.95. The lowest BCUT2D eigenvalue weighted by Gasteiger charge is -2.47. The van der Waals surface area contributed by atoms with E-state index in [1.54, 1.807) is 0 Å². The van der Waals surface area contributed by atoms with E-state index in [2.05, 4.69) is 21.3 Å². The molecule has 0 radical (unpaired) electrons. The number of H-pyrrole nitrogens is 1. The van der Waals surface area contributed by atoms with E-state index in [1.807, 2.05) is 6.07 Å². The quantitative estimate of drug-likeness (QED) is 0.432. The minimum atomic E-state index is -0.453. The summed E-state index contributed by atoms with van der Waals surface area (Å²) >= 11 is 6.29. The fourth-order valence-corrected chi connectivity index (χ4v) is 8.45. The Labute approximate surface area is 247 Å². The van der Waals surface area contributed by atoms with Crippen molar-refractivity contribution >= 4 is 17.5 Å². The highest BCUT2D eigenvalue weighted by atomic mass is 35.5. The van der Waals surface area contributed by atoms with Crippen molar-refractivity contribution in [3.05, 3.63) is 63.9 Å². The Kier molecular flexibility index (Phi) is 9.84. The van der Waals surface area contributed by atoms with E-state index in [0.717, 1.165) is 45.2 Å². The molecule has 3 fully saturated rings. The summed E-state index contributed by atoms with van der Waals surface area (Å²) in [6, 6.07) is 8.28. The zero-order valence-corrected chi connectivity index (χ0v) is 24.5. The molecule has 6 rings (SSSR count). The number of aromatic nitrogens is 1. The summed E-state index contributed by atoms with van der Waals surface area (Å²) in [5.41, 5.74) is 2.46. The summed E-state index contributed by atoms with van der Waals surface area (Å²) < 4.78 is 29.6. The number of piperidine rings is 1. The maximum atomic E-state index is 14.8. The smallest absolute Gasteiger partial charge is 0.273 e. The molecule has 3 heterocycles. The maximum Gasteiger partial charge on any atom is 0.273 e. The molecule has 1 spiro atoms. The average Bonchev–Trinajstić information content (AvgIpc) is 3.32. The van der Waals surface area contributed by atoms with Crippen LogP contribution in [0, 0.1) is 23.5 Å². The van der Waals surface area contributed by atoms with E-state index in [4.69, 9.17) is 11.6 Å². The van der Waals surface area contributed by atoms with Gasteiger partial charge in [0.05, 0.1) is 18.5 Å². The van der Waals surface area contributed by atoms with Gasteiger partial charge in [-0.3, -0.25) is 4.79 Å². The van der Waals surface area contributed by atoms with E-state index in [1.165, 1.54) is 48.7 Å². The normalized spacial score (nSPS) is 28.9. The van der Waals surface area contributed by atoms with Crippen molar-refractivity contribution in [3.8, 4) is 0 Å². The first-order valence-electron chi connectivity index (χ1n) is 14.2. The monoisotopic (exact) mass is 599 g/mol. The van der Waals surface area contributed by atoms with Gasteiger partial charge in [0.2, 0.25) is 5.91 Å². The number of benzene rings is 1. The van der Waals surface area contributed by atoms with Crippen LogP contribution in [0.2, 0.25) is 5.15 Å². The van der Waals surface area contributed by atoms with Crippen molar-refractivity contribution < 1.29 is 48.7 Å². The molecule has 1 amide bonds. The number of nitrogens with one attached hydrogen (secondary N) is 1. The Morgan fingerprint density at radius 1 is 1.03 bits per heavy atom. The predicted octanol–water partition coefficient (Wildman–Crippen LogP) is -1.44. The van der Waals surface area contributed by atoms with Crippen molar-refractivity contribution in [2.45, 2.75) is 81.6 Å². The Bertz CT molecular complexity index is 1160. The number of nitrogens with zero attached hydrogens (tertiary/aromatic N) is 1. The number of fused-ring (bicyclic) bond motifs is 2. The van der Waals surface area contributed by atoms with Crippen LogP contribution in [0.5, 0.6) is 0 Å².